The fourth-order valence-corrected chi connectivity index (χ4v) is 1.84. The van der Waals surface area contributed by atoms with Crippen molar-refractivity contribution >= 4 is 17.2 Å². The molecule has 3 heteroatoms. The molecule has 2 rings (SSSR count). The Labute approximate surface area is 75.6 Å². The minimum atomic E-state index is 0.0923. The second-order valence-corrected chi connectivity index (χ2v) is 4.03. The van der Waals surface area contributed by atoms with Crippen molar-refractivity contribution in [2.75, 3.05) is 0 Å². The minimum Gasteiger partial charge on any atom is -0.349 e. The van der Waals surface area contributed by atoms with E-state index in [1.54, 1.807) is 0 Å². The number of hydrogen-bond acceptors (Lipinski definition) is 2. The van der Waals surface area contributed by atoms with Crippen LogP contribution >= 0.6 is 11.3 Å². The van der Waals surface area contributed by atoms with Crippen molar-refractivity contribution in [2.24, 2.45) is 0 Å². The summed E-state index contributed by atoms with van der Waals surface area (Å²) in [4.78, 5) is 12.2. The molecule has 0 spiro atoms. The third kappa shape index (κ3) is 1.50. The van der Waals surface area contributed by atoms with Gasteiger partial charge in [-0.1, -0.05) is 6.07 Å². The lowest BCUT2D eigenvalue weighted by Crippen LogP contribution is -2.39. The molecule has 1 fully saturated rings. The maximum absolute atomic E-state index is 11.4. The normalized spacial score (nSPS) is 17.0. The van der Waals surface area contributed by atoms with Crippen molar-refractivity contribution in [3.05, 3.63) is 22.4 Å². The van der Waals surface area contributed by atoms with Crippen molar-refractivity contribution in [3.8, 4) is 0 Å². The van der Waals surface area contributed by atoms with Gasteiger partial charge < -0.3 is 5.32 Å². The van der Waals surface area contributed by atoms with E-state index in [4.69, 9.17) is 0 Å². The van der Waals surface area contributed by atoms with Crippen LogP contribution in [0.4, 0.5) is 0 Å². The zero-order chi connectivity index (χ0) is 8.39. The first kappa shape index (κ1) is 7.80. The van der Waals surface area contributed by atoms with E-state index < -0.39 is 0 Å². The van der Waals surface area contributed by atoms with Gasteiger partial charge in [0.2, 0.25) is 0 Å². The smallest absolute Gasteiger partial charge is 0.261 e. The van der Waals surface area contributed by atoms with Crippen LogP contribution in [0.5, 0.6) is 0 Å². The van der Waals surface area contributed by atoms with Gasteiger partial charge in [-0.25, -0.2) is 0 Å². The van der Waals surface area contributed by atoms with E-state index in [0.717, 1.165) is 17.7 Å². The Morgan fingerprint density at radius 1 is 1.58 bits per heavy atom. The molecule has 2 nitrogen and oxygen atoms in total. The van der Waals surface area contributed by atoms with Gasteiger partial charge in [-0.05, 0) is 30.7 Å². The van der Waals surface area contributed by atoms with Crippen molar-refractivity contribution in [1.82, 2.24) is 5.32 Å². The summed E-state index contributed by atoms with van der Waals surface area (Å²) >= 11 is 1.50. The number of carbonyl (C=O) groups is 1. The number of hydrogen-bond donors (Lipinski definition) is 1. The van der Waals surface area contributed by atoms with Gasteiger partial charge >= 0.3 is 0 Å². The first-order valence-corrected chi connectivity index (χ1v) is 5.08. The van der Waals surface area contributed by atoms with E-state index in [-0.39, 0.29) is 5.91 Å². The average Bonchev–Trinajstić information content (AvgIpc) is 2.47. The highest BCUT2D eigenvalue weighted by molar-refractivity contribution is 7.12. The Morgan fingerprint density at radius 3 is 2.92 bits per heavy atom. The van der Waals surface area contributed by atoms with Crippen molar-refractivity contribution in [3.63, 3.8) is 0 Å². The first-order chi connectivity index (χ1) is 5.86. The maximum Gasteiger partial charge on any atom is 0.261 e. The summed E-state index contributed by atoms with van der Waals surface area (Å²) < 4.78 is 0. The Hall–Kier alpha value is -0.830. The molecule has 0 bridgehead atoms. The van der Waals surface area contributed by atoms with Crippen LogP contribution in [0.2, 0.25) is 0 Å². The summed E-state index contributed by atoms with van der Waals surface area (Å²) in [5.41, 5.74) is 0. The van der Waals surface area contributed by atoms with Crippen LogP contribution in [-0.4, -0.2) is 11.9 Å². The van der Waals surface area contributed by atoms with Crippen LogP contribution in [0.3, 0.4) is 0 Å². The molecule has 0 atom stereocenters. The Kier molecular flexibility index (Phi) is 2.13. The van der Waals surface area contributed by atoms with Crippen LogP contribution < -0.4 is 5.32 Å². The van der Waals surface area contributed by atoms with E-state index in [1.165, 1.54) is 17.8 Å². The van der Waals surface area contributed by atoms with E-state index in [9.17, 15) is 4.79 Å². The van der Waals surface area contributed by atoms with Crippen LogP contribution in [0, 0.1) is 0 Å². The third-order valence-electron chi connectivity index (χ3n) is 2.19. The molecule has 1 aromatic heterocycles. The molecule has 0 aliphatic heterocycles. The van der Waals surface area contributed by atoms with E-state index in [0.29, 0.717) is 6.04 Å². The predicted molar refractivity (Wildman–Crippen MR) is 49.4 cm³/mol. The molecule has 0 radical (unpaired) electrons. The lowest BCUT2D eigenvalue weighted by molar-refractivity contribution is 0.0921. The molecule has 1 saturated carbocycles. The third-order valence-corrected chi connectivity index (χ3v) is 3.05. The zero-order valence-corrected chi connectivity index (χ0v) is 7.56. The first-order valence-electron chi connectivity index (χ1n) is 4.20. The molecule has 64 valence electrons. The molecule has 0 unspecified atom stereocenters. The van der Waals surface area contributed by atoms with Crippen LogP contribution in [0.1, 0.15) is 28.9 Å². The second-order valence-electron chi connectivity index (χ2n) is 3.08. The summed E-state index contributed by atoms with van der Waals surface area (Å²) in [5, 5.41) is 4.92. The molecule has 0 aromatic carbocycles. The summed E-state index contributed by atoms with van der Waals surface area (Å²) in [7, 11) is 0. The number of amides is 1. The predicted octanol–water partition coefficient (Wildman–Crippen LogP) is 2.03. The summed E-state index contributed by atoms with van der Waals surface area (Å²) in [6.45, 7) is 0. The van der Waals surface area contributed by atoms with Crippen LogP contribution in [0.25, 0.3) is 0 Å². The minimum absolute atomic E-state index is 0.0923. The lowest BCUT2D eigenvalue weighted by Gasteiger charge is -2.25. The molecule has 12 heavy (non-hydrogen) atoms. The van der Waals surface area contributed by atoms with Crippen molar-refractivity contribution < 1.29 is 4.79 Å². The van der Waals surface area contributed by atoms with Gasteiger partial charge in [0.25, 0.3) is 5.91 Å². The van der Waals surface area contributed by atoms with Gasteiger partial charge in [-0.3, -0.25) is 4.79 Å². The SMILES string of the molecule is O=C(NC1CCC1)c1cccs1. The van der Waals surface area contributed by atoms with Gasteiger partial charge in [0.05, 0.1) is 4.88 Å². The molecule has 0 saturated heterocycles. The van der Waals surface area contributed by atoms with Crippen molar-refractivity contribution in [2.45, 2.75) is 25.3 Å². The highest BCUT2D eigenvalue weighted by Gasteiger charge is 2.20. The molecular weight excluding hydrogens is 170 g/mol. The highest BCUT2D eigenvalue weighted by atomic mass is 32.1. The van der Waals surface area contributed by atoms with Crippen molar-refractivity contribution in [1.29, 1.82) is 0 Å². The summed E-state index contributed by atoms with van der Waals surface area (Å²) in [5.74, 6) is 0.0923. The second kappa shape index (κ2) is 3.27. The van der Waals surface area contributed by atoms with Gasteiger partial charge in [0, 0.05) is 6.04 Å². The van der Waals surface area contributed by atoms with E-state index >= 15 is 0 Å². The molecule has 1 aromatic rings. The van der Waals surface area contributed by atoms with Crippen LogP contribution in [-0.2, 0) is 0 Å². The molecule has 1 aliphatic rings. The van der Waals surface area contributed by atoms with Gasteiger partial charge in [-0.2, -0.15) is 0 Å². The molecule has 1 amide bonds. The molecule has 1 heterocycles. The zero-order valence-electron chi connectivity index (χ0n) is 6.75. The topological polar surface area (TPSA) is 29.1 Å². The Balaban J connectivity index is 1.92. The van der Waals surface area contributed by atoms with Gasteiger partial charge in [-0.15, -0.1) is 11.3 Å². The number of rotatable bonds is 2. The quantitative estimate of drug-likeness (QED) is 0.743. The number of nitrogens with one attached hydrogen (secondary N) is 1. The maximum atomic E-state index is 11.4. The Morgan fingerprint density at radius 2 is 2.42 bits per heavy atom. The molecule has 1 N–H and O–H groups in total. The fraction of sp³-hybridized carbons (Fsp3) is 0.444. The average molecular weight is 181 g/mol. The molecule has 1 aliphatic carbocycles. The van der Waals surface area contributed by atoms with E-state index in [1.807, 2.05) is 17.5 Å². The monoisotopic (exact) mass is 181 g/mol. The lowest BCUT2D eigenvalue weighted by atomic mass is 9.93. The van der Waals surface area contributed by atoms with Gasteiger partial charge in [0.15, 0.2) is 0 Å². The van der Waals surface area contributed by atoms with Gasteiger partial charge in [0.1, 0.15) is 0 Å². The largest absolute Gasteiger partial charge is 0.349 e. The number of carbonyl (C=O) groups excluding carboxylic acids is 1. The summed E-state index contributed by atoms with van der Waals surface area (Å²) in [6, 6.07) is 4.21. The number of thiophene rings is 1. The van der Waals surface area contributed by atoms with E-state index in [2.05, 4.69) is 5.32 Å². The highest BCUT2D eigenvalue weighted by Crippen LogP contribution is 2.19. The standard InChI is InChI=1S/C9H11NOS/c11-9(8-5-2-6-12-8)10-7-3-1-4-7/h2,5-7H,1,3-4H2,(H,10,11). The Bertz CT molecular complexity index is 264. The fourth-order valence-electron chi connectivity index (χ4n) is 1.22. The molecular formula is C9H11NOS. The summed E-state index contributed by atoms with van der Waals surface area (Å²) in [6.07, 6.45) is 3.56. The van der Waals surface area contributed by atoms with Crippen LogP contribution in [0.15, 0.2) is 17.5 Å².